The van der Waals surface area contributed by atoms with Gasteiger partial charge in [-0.05, 0) is 43.9 Å². The van der Waals surface area contributed by atoms with Crippen LogP contribution in [0.15, 0.2) is 24.3 Å². The molecular formula is C17H28N2. The Morgan fingerprint density at radius 1 is 1.16 bits per heavy atom. The van der Waals surface area contributed by atoms with Gasteiger partial charge in [-0.3, -0.25) is 0 Å². The van der Waals surface area contributed by atoms with Crippen molar-refractivity contribution in [3.63, 3.8) is 0 Å². The number of nitrogens with one attached hydrogen (secondary N) is 1. The summed E-state index contributed by atoms with van der Waals surface area (Å²) in [6.45, 7) is 7.81. The first kappa shape index (κ1) is 14.4. The molecule has 0 bridgehead atoms. The molecule has 1 N–H and O–H groups in total. The number of rotatable bonds is 9. The van der Waals surface area contributed by atoms with Gasteiger partial charge in [-0.2, -0.15) is 0 Å². The van der Waals surface area contributed by atoms with E-state index in [4.69, 9.17) is 0 Å². The van der Waals surface area contributed by atoms with Gasteiger partial charge in [0.25, 0.3) is 0 Å². The molecule has 2 rings (SSSR count). The van der Waals surface area contributed by atoms with Gasteiger partial charge in [0.05, 0.1) is 0 Å². The maximum atomic E-state index is 3.54. The average Bonchev–Trinajstić information content (AvgIpc) is 3.26. The van der Waals surface area contributed by atoms with E-state index in [0.717, 1.165) is 19.1 Å². The van der Waals surface area contributed by atoms with E-state index in [9.17, 15) is 0 Å². The minimum atomic E-state index is 0.805. The summed E-state index contributed by atoms with van der Waals surface area (Å²) < 4.78 is 0. The summed E-state index contributed by atoms with van der Waals surface area (Å²) in [5.41, 5.74) is 2.92. The molecule has 0 spiro atoms. The van der Waals surface area contributed by atoms with E-state index in [-0.39, 0.29) is 0 Å². The van der Waals surface area contributed by atoms with E-state index in [1.165, 1.54) is 49.9 Å². The molecule has 106 valence electrons. The monoisotopic (exact) mass is 260 g/mol. The molecule has 0 unspecified atom stereocenters. The Bertz CT molecular complexity index is 371. The highest BCUT2D eigenvalue weighted by atomic mass is 15.2. The number of hydrogen-bond donors (Lipinski definition) is 1. The van der Waals surface area contributed by atoms with Crippen molar-refractivity contribution in [3.8, 4) is 0 Å². The molecule has 1 aliphatic carbocycles. The lowest BCUT2D eigenvalue weighted by atomic mass is 10.1. The molecule has 1 aliphatic rings. The first-order valence-electron chi connectivity index (χ1n) is 7.92. The van der Waals surface area contributed by atoms with Crippen molar-refractivity contribution in [2.24, 2.45) is 0 Å². The van der Waals surface area contributed by atoms with Crippen molar-refractivity contribution >= 4 is 5.69 Å². The van der Waals surface area contributed by atoms with Crippen molar-refractivity contribution in [2.45, 2.75) is 58.5 Å². The van der Waals surface area contributed by atoms with E-state index >= 15 is 0 Å². The molecule has 0 heterocycles. The van der Waals surface area contributed by atoms with E-state index < -0.39 is 0 Å². The number of para-hydroxylation sites is 1. The van der Waals surface area contributed by atoms with E-state index in [1.54, 1.807) is 0 Å². The van der Waals surface area contributed by atoms with Crippen LogP contribution in [-0.2, 0) is 6.54 Å². The van der Waals surface area contributed by atoms with Gasteiger partial charge >= 0.3 is 0 Å². The number of unbranched alkanes of at least 4 members (excludes halogenated alkanes) is 1. The van der Waals surface area contributed by atoms with Gasteiger partial charge in [0.2, 0.25) is 0 Å². The molecule has 19 heavy (non-hydrogen) atoms. The van der Waals surface area contributed by atoms with E-state index in [1.807, 2.05) is 0 Å². The molecular weight excluding hydrogens is 232 g/mol. The van der Waals surface area contributed by atoms with E-state index in [0.29, 0.717) is 0 Å². The fraction of sp³-hybridized carbons (Fsp3) is 0.647. The lowest BCUT2D eigenvalue weighted by Gasteiger charge is -2.27. The maximum Gasteiger partial charge on any atom is 0.0414 e. The van der Waals surface area contributed by atoms with Crippen LogP contribution in [0.2, 0.25) is 0 Å². The molecule has 0 aliphatic heterocycles. The SMILES string of the molecule is CCCCN(c1ccccc1CNCCC)C1CC1. The van der Waals surface area contributed by atoms with Gasteiger partial charge in [-0.15, -0.1) is 0 Å². The normalized spacial score (nSPS) is 14.6. The van der Waals surface area contributed by atoms with Crippen molar-refractivity contribution in [1.82, 2.24) is 5.32 Å². The topological polar surface area (TPSA) is 15.3 Å². The van der Waals surface area contributed by atoms with Gasteiger partial charge in [0, 0.05) is 24.8 Å². The van der Waals surface area contributed by atoms with Crippen molar-refractivity contribution in [1.29, 1.82) is 0 Å². The van der Waals surface area contributed by atoms with Crippen LogP contribution < -0.4 is 10.2 Å². The fourth-order valence-corrected chi connectivity index (χ4v) is 2.55. The predicted molar refractivity (Wildman–Crippen MR) is 83.7 cm³/mol. The lowest BCUT2D eigenvalue weighted by Crippen LogP contribution is -2.28. The minimum absolute atomic E-state index is 0.805. The maximum absolute atomic E-state index is 3.54. The fourth-order valence-electron chi connectivity index (χ4n) is 2.55. The van der Waals surface area contributed by atoms with Crippen molar-refractivity contribution < 1.29 is 0 Å². The van der Waals surface area contributed by atoms with Crippen molar-refractivity contribution in [3.05, 3.63) is 29.8 Å². The van der Waals surface area contributed by atoms with Crippen LogP contribution in [0.4, 0.5) is 5.69 Å². The number of benzene rings is 1. The molecule has 0 atom stereocenters. The summed E-state index contributed by atoms with van der Waals surface area (Å²) in [4.78, 5) is 2.65. The van der Waals surface area contributed by atoms with Crippen molar-refractivity contribution in [2.75, 3.05) is 18.0 Å². The molecule has 1 saturated carbocycles. The zero-order valence-electron chi connectivity index (χ0n) is 12.5. The second-order valence-corrected chi connectivity index (χ2v) is 5.58. The Hall–Kier alpha value is -1.02. The van der Waals surface area contributed by atoms with Crippen LogP contribution >= 0.6 is 0 Å². The summed E-state index contributed by atoms with van der Waals surface area (Å²) in [6, 6.07) is 9.73. The summed E-state index contributed by atoms with van der Waals surface area (Å²) >= 11 is 0. The second-order valence-electron chi connectivity index (χ2n) is 5.58. The molecule has 0 amide bonds. The Labute approximate surface area is 118 Å². The Kier molecular flexibility index (Phi) is 5.71. The standard InChI is InChI=1S/C17H28N2/c1-3-5-13-19(16-10-11-16)17-9-7-6-8-15(17)14-18-12-4-2/h6-9,16,18H,3-5,10-14H2,1-2H3. The molecule has 0 radical (unpaired) electrons. The van der Waals surface area contributed by atoms with Crippen LogP contribution in [0.3, 0.4) is 0 Å². The number of hydrogen-bond acceptors (Lipinski definition) is 2. The zero-order valence-corrected chi connectivity index (χ0v) is 12.5. The van der Waals surface area contributed by atoms with Crippen LogP contribution in [0.1, 0.15) is 51.5 Å². The summed E-state index contributed by atoms with van der Waals surface area (Å²) in [7, 11) is 0. The first-order valence-corrected chi connectivity index (χ1v) is 7.92. The molecule has 1 aromatic carbocycles. The Morgan fingerprint density at radius 3 is 2.63 bits per heavy atom. The van der Waals surface area contributed by atoms with Crippen LogP contribution in [0.25, 0.3) is 0 Å². The molecule has 0 aromatic heterocycles. The molecule has 0 saturated heterocycles. The quantitative estimate of drug-likeness (QED) is 0.676. The minimum Gasteiger partial charge on any atom is -0.368 e. The number of anilines is 1. The molecule has 1 fully saturated rings. The molecule has 2 heteroatoms. The molecule has 1 aromatic rings. The van der Waals surface area contributed by atoms with Gasteiger partial charge in [-0.1, -0.05) is 38.5 Å². The summed E-state index contributed by atoms with van der Waals surface area (Å²) in [5, 5.41) is 3.54. The van der Waals surface area contributed by atoms with E-state index in [2.05, 4.69) is 48.3 Å². The Morgan fingerprint density at radius 2 is 1.95 bits per heavy atom. The largest absolute Gasteiger partial charge is 0.368 e. The number of nitrogens with zero attached hydrogens (tertiary/aromatic N) is 1. The second kappa shape index (κ2) is 7.54. The summed E-state index contributed by atoms with van der Waals surface area (Å²) in [5.74, 6) is 0. The highest BCUT2D eigenvalue weighted by molar-refractivity contribution is 5.55. The molecule has 2 nitrogen and oxygen atoms in total. The smallest absolute Gasteiger partial charge is 0.0414 e. The predicted octanol–water partition coefficient (Wildman–Crippen LogP) is 3.96. The highest BCUT2D eigenvalue weighted by Crippen LogP contribution is 2.33. The van der Waals surface area contributed by atoms with Crippen LogP contribution in [-0.4, -0.2) is 19.1 Å². The highest BCUT2D eigenvalue weighted by Gasteiger charge is 2.29. The van der Waals surface area contributed by atoms with Gasteiger partial charge in [0.1, 0.15) is 0 Å². The van der Waals surface area contributed by atoms with Gasteiger partial charge < -0.3 is 10.2 Å². The van der Waals surface area contributed by atoms with Crippen LogP contribution in [0.5, 0.6) is 0 Å². The lowest BCUT2D eigenvalue weighted by molar-refractivity contribution is 0.665. The first-order chi connectivity index (χ1) is 9.36. The summed E-state index contributed by atoms with van der Waals surface area (Å²) in [6.07, 6.45) is 6.53. The van der Waals surface area contributed by atoms with Gasteiger partial charge in [0.15, 0.2) is 0 Å². The van der Waals surface area contributed by atoms with Gasteiger partial charge in [-0.25, -0.2) is 0 Å². The third-order valence-electron chi connectivity index (χ3n) is 3.78. The average molecular weight is 260 g/mol. The third-order valence-corrected chi connectivity index (χ3v) is 3.78. The third kappa shape index (κ3) is 4.24. The Balaban J connectivity index is 2.06. The van der Waals surface area contributed by atoms with Crippen LogP contribution in [0, 0.1) is 0 Å². The zero-order chi connectivity index (χ0) is 13.5.